The molecule has 0 saturated heterocycles. The first-order chi connectivity index (χ1) is 15.2. The number of hydrogen-bond acceptors (Lipinski definition) is 8. The fourth-order valence-corrected chi connectivity index (χ4v) is 3.06. The van der Waals surface area contributed by atoms with Crippen molar-refractivity contribution < 1.29 is 18.6 Å². The smallest absolute Gasteiger partial charge is 0.257 e. The predicted octanol–water partition coefficient (Wildman–Crippen LogP) is 3.60. The number of carbonyl (C=O) groups excluding carboxylic acids is 1. The minimum absolute atomic E-state index is 0.149. The topological polar surface area (TPSA) is 116 Å². The fraction of sp³-hybridized carbons (Fsp3) is 0.227. The highest BCUT2D eigenvalue weighted by Gasteiger charge is 2.29. The zero-order chi connectivity index (χ0) is 21.2. The van der Waals surface area contributed by atoms with E-state index in [1.165, 1.54) is 0 Å². The van der Waals surface area contributed by atoms with Crippen molar-refractivity contribution in [1.29, 1.82) is 0 Å². The molecule has 0 spiro atoms. The van der Waals surface area contributed by atoms with E-state index in [1.807, 2.05) is 24.3 Å². The lowest BCUT2D eigenvalue weighted by atomic mass is 10.1. The minimum Gasteiger partial charge on any atom is -0.497 e. The highest BCUT2D eigenvalue weighted by Crippen LogP contribution is 2.39. The van der Waals surface area contributed by atoms with Crippen molar-refractivity contribution in [2.75, 3.05) is 7.11 Å². The van der Waals surface area contributed by atoms with Gasteiger partial charge in [0, 0.05) is 22.6 Å². The molecular formula is C22H19N5O4. The second kappa shape index (κ2) is 8.02. The Morgan fingerprint density at radius 3 is 2.45 bits per heavy atom. The van der Waals surface area contributed by atoms with Crippen LogP contribution in [0.4, 0.5) is 0 Å². The van der Waals surface area contributed by atoms with Crippen LogP contribution in [0.3, 0.4) is 0 Å². The Morgan fingerprint density at radius 1 is 1.00 bits per heavy atom. The van der Waals surface area contributed by atoms with Crippen molar-refractivity contribution in [3.8, 4) is 28.6 Å². The largest absolute Gasteiger partial charge is 0.497 e. The zero-order valence-electron chi connectivity index (χ0n) is 16.7. The molecule has 1 amide bonds. The van der Waals surface area contributed by atoms with E-state index in [4.69, 9.17) is 13.8 Å². The maximum absolute atomic E-state index is 12.5. The molecule has 4 aromatic rings. The van der Waals surface area contributed by atoms with Gasteiger partial charge in [-0.3, -0.25) is 4.79 Å². The van der Waals surface area contributed by atoms with Gasteiger partial charge in [-0.2, -0.15) is 9.97 Å². The van der Waals surface area contributed by atoms with Crippen LogP contribution in [0, 0.1) is 0 Å². The number of benzene rings is 2. The molecule has 156 valence electrons. The summed E-state index contributed by atoms with van der Waals surface area (Å²) >= 11 is 0. The van der Waals surface area contributed by atoms with Gasteiger partial charge in [-0.05, 0) is 49.2 Å². The summed E-state index contributed by atoms with van der Waals surface area (Å²) in [6.45, 7) is 0.149. The quantitative estimate of drug-likeness (QED) is 0.485. The molecule has 0 bridgehead atoms. The Balaban J connectivity index is 1.19. The van der Waals surface area contributed by atoms with Gasteiger partial charge >= 0.3 is 0 Å². The summed E-state index contributed by atoms with van der Waals surface area (Å²) in [4.78, 5) is 21.2. The van der Waals surface area contributed by atoms with E-state index in [1.54, 1.807) is 31.4 Å². The van der Waals surface area contributed by atoms with Crippen molar-refractivity contribution >= 4 is 5.91 Å². The molecule has 1 fully saturated rings. The van der Waals surface area contributed by atoms with Gasteiger partial charge in [-0.1, -0.05) is 22.4 Å². The number of amides is 1. The summed E-state index contributed by atoms with van der Waals surface area (Å²) in [5.41, 5.74) is 2.08. The summed E-state index contributed by atoms with van der Waals surface area (Å²) in [6.07, 6.45) is 2.20. The minimum atomic E-state index is -0.242. The van der Waals surface area contributed by atoms with E-state index in [2.05, 4.69) is 25.6 Å². The van der Waals surface area contributed by atoms with Crippen LogP contribution in [0.15, 0.2) is 57.6 Å². The van der Waals surface area contributed by atoms with Crippen molar-refractivity contribution in [2.45, 2.75) is 25.3 Å². The molecule has 2 aromatic carbocycles. The Hall–Kier alpha value is -4.01. The second-order valence-corrected chi connectivity index (χ2v) is 7.23. The van der Waals surface area contributed by atoms with Crippen LogP contribution in [0.25, 0.3) is 22.8 Å². The zero-order valence-corrected chi connectivity index (χ0v) is 16.7. The average Bonchev–Trinajstić information content (AvgIpc) is 3.35. The van der Waals surface area contributed by atoms with Gasteiger partial charge in [0.25, 0.3) is 11.8 Å². The van der Waals surface area contributed by atoms with Crippen molar-refractivity contribution in [3.05, 3.63) is 65.8 Å². The molecule has 0 unspecified atom stereocenters. The van der Waals surface area contributed by atoms with Crippen molar-refractivity contribution in [2.24, 2.45) is 0 Å². The first kappa shape index (κ1) is 19.0. The van der Waals surface area contributed by atoms with Crippen LogP contribution in [0.2, 0.25) is 0 Å². The third kappa shape index (κ3) is 4.16. The molecule has 1 N–H and O–H groups in total. The molecule has 0 atom stereocenters. The number of carbonyl (C=O) groups is 1. The van der Waals surface area contributed by atoms with Gasteiger partial charge in [-0.25, -0.2) is 0 Å². The van der Waals surface area contributed by atoms with Gasteiger partial charge in [0.1, 0.15) is 5.75 Å². The van der Waals surface area contributed by atoms with Crippen LogP contribution in [-0.2, 0) is 6.54 Å². The molecule has 1 aliphatic rings. The molecular weight excluding hydrogens is 398 g/mol. The van der Waals surface area contributed by atoms with Crippen LogP contribution in [0.5, 0.6) is 5.75 Å². The summed E-state index contributed by atoms with van der Waals surface area (Å²) in [5, 5.41) is 10.7. The molecule has 0 radical (unpaired) electrons. The number of hydrogen-bond donors (Lipinski definition) is 1. The molecule has 5 rings (SSSR count). The van der Waals surface area contributed by atoms with Gasteiger partial charge in [-0.15, -0.1) is 0 Å². The number of rotatable bonds is 7. The highest BCUT2D eigenvalue weighted by atomic mass is 16.5. The molecule has 2 heterocycles. The second-order valence-electron chi connectivity index (χ2n) is 7.23. The Labute approximate surface area is 177 Å². The maximum atomic E-state index is 12.5. The van der Waals surface area contributed by atoms with E-state index in [0.717, 1.165) is 29.7 Å². The lowest BCUT2D eigenvalue weighted by molar-refractivity contribution is 0.0949. The van der Waals surface area contributed by atoms with Gasteiger partial charge < -0.3 is 19.1 Å². The number of methoxy groups -OCH3 is 1. The van der Waals surface area contributed by atoms with Crippen molar-refractivity contribution in [1.82, 2.24) is 25.6 Å². The maximum Gasteiger partial charge on any atom is 0.257 e. The monoisotopic (exact) mass is 417 g/mol. The fourth-order valence-electron chi connectivity index (χ4n) is 3.06. The molecule has 9 heteroatoms. The summed E-state index contributed by atoms with van der Waals surface area (Å²) in [7, 11) is 1.60. The molecule has 9 nitrogen and oxygen atoms in total. The van der Waals surface area contributed by atoms with E-state index >= 15 is 0 Å². The average molecular weight is 417 g/mol. The molecule has 1 aliphatic carbocycles. The van der Waals surface area contributed by atoms with Gasteiger partial charge in [0.2, 0.25) is 11.7 Å². The normalized spacial score (nSPS) is 13.2. The van der Waals surface area contributed by atoms with Crippen LogP contribution in [-0.4, -0.2) is 33.3 Å². The highest BCUT2D eigenvalue weighted by molar-refractivity contribution is 5.94. The number of ether oxygens (including phenoxy) is 1. The van der Waals surface area contributed by atoms with Gasteiger partial charge in [0.05, 0.1) is 13.7 Å². The summed E-state index contributed by atoms with van der Waals surface area (Å²) in [6, 6.07) is 14.3. The third-order valence-electron chi connectivity index (χ3n) is 4.99. The van der Waals surface area contributed by atoms with Crippen LogP contribution >= 0.6 is 0 Å². The van der Waals surface area contributed by atoms with E-state index < -0.39 is 0 Å². The van der Waals surface area contributed by atoms with Crippen LogP contribution < -0.4 is 10.1 Å². The Kier molecular flexibility index (Phi) is 4.91. The molecule has 1 saturated carbocycles. The third-order valence-corrected chi connectivity index (χ3v) is 4.99. The SMILES string of the molecule is COc1ccc(-c2nc(CNC(=O)c3ccc(-c4noc(C5CC5)n4)cc3)no2)cc1. The first-order valence-electron chi connectivity index (χ1n) is 9.89. The van der Waals surface area contributed by atoms with E-state index in [9.17, 15) is 4.79 Å². The standard InChI is InChI=1S/C22H19N5O4/c1-29-17-10-8-16(9-11-17)21-24-18(26-30-21)12-23-20(28)14-4-2-13(3-5-14)19-25-22(31-27-19)15-6-7-15/h2-5,8-11,15H,6-7,12H2,1H3,(H,23,28). The molecule has 31 heavy (non-hydrogen) atoms. The van der Waals surface area contributed by atoms with E-state index in [-0.39, 0.29) is 12.5 Å². The van der Waals surface area contributed by atoms with E-state index in [0.29, 0.717) is 34.9 Å². The summed E-state index contributed by atoms with van der Waals surface area (Å²) < 4.78 is 15.7. The first-order valence-corrected chi connectivity index (χ1v) is 9.89. The predicted molar refractivity (Wildman–Crippen MR) is 109 cm³/mol. The Bertz CT molecular complexity index is 1190. The number of nitrogens with one attached hydrogen (secondary N) is 1. The van der Waals surface area contributed by atoms with Gasteiger partial charge in [0.15, 0.2) is 5.82 Å². The molecule has 2 aromatic heterocycles. The van der Waals surface area contributed by atoms with Crippen molar-refractivity contribution in [3.63, 3.8) is 0 Å². The number of nitrogens with zero attached hydrogens (tertiary/aromatic N) is 4. The molecule has 0 aliphatic heterocycles. The Morgan fingerprint density at radius 2 is 1.74 bits per heavy atom. The lowest BCUT2D eigenvalue weighted by Gasteiger charge is -2.03. The number of aromatic nitrogens is 4. The lowest BCUT2D eigenvalue weighted by Crippen LogP contribution is -2.23. The summed E-state index contributed by atoms with van der Waals surface area (Å²) in [5.74, 6) is 2.88. The van der Waals surface area contributed by atoms with Crippen LogP contribution in [0.1, 0.15) is 40.8 Å².